The van der Waals surface area contributed by atoms with Crippen molar-refractivity contribution in [1.82, 2.24) is 0 Å². The van der Waals surface area contributed by atoms with Crippen molar-refractivity contribution in [1.29, 1.82) is 0 Å². The first kappa shape index (κ1) is 15.5. The summed E-state index contributed by atoms with van der Waals surface area (Å²) in [5, 5.41) is 3.37. The van der Waals surface area contributed by atoms with Crippen molar-refractivity contribution < 1.29 is 0 Å². The molecule has 2 nitrogen and oxygen atoms in total. The quantitative estimate of drug-likeness (QED) is 0.563. The van der Waals surface area contributed by atoms with Gasteiger partial charge in [0.25, 0.3) is 0 Å². The Bertz CT molecular complexity index is 352. The van der Waals surface area contributed by atoms with Gasteiger partial charge in [0.2, 0.25) is 0 Å². The van der Waals surface area contributed by atoms with Gasteiger partial charge in [0.1, 0.15) is 0 Å². The maximum atomic E-state index is 6.86. The molecule has 1 aromatic rings. The van der Waals surface area contributed by atoms with E-state index in [2.05, 4.69) is 30.9 Å². The molecule has 0 saturated heterocycles. The predicted octanol–water partition coefficient (Wildman–Crippen LogP) is 5.11. The third-order valence-electron chi connectivity index (χ3n) is 2.43. The molecular formula is C15H24N2. The highest BCUT2D eigenvalue weighted by molar-refractivity contribution is 5.53. The molecule has 0 aliphatic heterocycles. The number of hydrogen-bond acceptors (Lipinski definition) is 1. The number of anilines is 1. The summed E-state index contributed by atoms with van der Waals surface area (Å²) in [6.45, 7) is 14.6. The maximum absolute atomic E-state index is 6.86. The second-order valence-corrected chi connectivity index (χ2v) is 5.25. The van der Waals surface area contributed by atoms with Gasteiger partial charge in [0, 0.05) is 12.2 Å². The minimum atomic E-state index is 0. The van der Waals surface area contributed by atoms with Gasteiger partial charge in [0.05, 0.1) is 6.57 Å². The molecule has 0 atom stereocenters. The van der Waals surface area contributed by atoms with Gasteiger partial charge >= 0.3 is 0 Å². The Balaban J connectivity index is 0.00000256. The molecule has 0 aromatic heterocycles. The summed E-state index contributed by atoms with van der Waals surface area (Å²) in [5.74, 6) is 0. The van der Waals surface area contributed by atoms with Crippen LogP contribution in [0.4, 0.5) is 11.4 Å². The van der Waals surface area contributed by atoms with Crippen LogP contribution >= 0.6 is 0 Å². The van der Waals surface area contributed by atoms with E-state index in [-0.39, 0.29) is 7.43 Å². The standard InChI is InChI=1S/C14H20N2.CH4/c1-14(2,3)10-5-11-16-13-8-6-12(15-4)7-9-13;/h6-9,16H,5,10-11H2,1-3H3;1H4. The minimum Gasteiger partial charge on any atom is -0.385 e. The van der Waals surface area contributed by atoms with Gasteiger partial charge in [0.15, 0.2) is 5.69 Å². The van der Waals surface area contributed by atoms with E-state index in [4.69, 9.17) is 6.57 Å². The fourth-order valence-electron chi connectivity index (χ4n) is 1.51. The molecular weight excluding hydrogens is 208 g/mol. The van der Waals surface area contributed by atoms with E-state index in [1.54, 1.807) is 0 Å². The molecule has 0 aliphatic carbocycles. The SMILES string of the molecule is C.[C-]#[N+]c1ccc(NCCCC(C)(C)C)cc1. The summed E-state index contributed by atoms with van der Waals surface area (Å²) in [4.78, 5) is 3.36. The molecule has 0 bridgehead atoms. The van der Waals surface area contributed by atoms with Crippen LogP contribution in [0.5, 0.6) is 0 Å². The van der Waals surface area contributed by atoms with E-state index in [1.165, 1.54) is 12.8 Å². The first-order chi connectivity index (χ1) is 7.51. The largest absolute Gasteiger partial charge is 0.385 e. The summed E-state index contributed by atoms with van der Waals surface area (Å²) >= 11 is 0. The first-order valence-corrected chi connectivity index (χ1v) is 5.73. The van der Waals surface area contributed by atoms with E-state index < -0.39 is 0 Å². The van der Waals surface area contributed by atoms with E-state index >= 15 is 0 Å². The van der Waals surface area contributed by atoms with Gasteiger partial charge in [-0.3, -0.25) is 0 Å². The van der Waals surface area contributed by atoms with Crippen LogP contribution in [0.25, 0.3) is 4.85 Å². The smallest absolute Gasteiger partial charge is 0.187 e. The average molecular weight is 232 g/mol. The highest BCUT2D eigenvalue weighted by Gasteiger charge is 2.08. The van der Waals surface area contributed by atoms with Gasteiger partial charge in [-0.05, 0) is 30.4 Å². The summed E-state index contributed by atoms with van der Waals surface area (Å²) in [6.07, 6.45) is 2.40. The van der Waals surface area contributed by atoms with Crippen molar-refractivity contribution in [2.45, 2.75) is 41.0 Å². The fourth-order valence-corrected chi connectivity index (χ4v) is 1.51. The Hall–Kier alpha value is -1.49. The van der Waals surface area contributed by atoms with Crippen LogP contribution in [0, 0.1) is 12.0 Å². The van der Waals surface area contributed by atoms with Crippen LogP contribution < -0.4 is 5.32 Å². The highest BCUT2D eigenvalue weighted by atomic mass is 14.9. The van der Waals surface area contributed by atoms with Gasteiger partial charge in [-0.15, -0.1) is 0 Å². The molecule has 0 radical (unpaired) electrons. The monoisotopic (exact) mass is 232 g/mol. The molecule has 0 fully saturated rings. The van der Waals surface area contributed by atoms with Crippen LogP contribution in [0.2, 0.25) is 0 Å². The van der Waals surface area contributed by atoms with Crippen LogP contribution in [0.1, 0.15) is 41.0 Å². The van der Waals surface area contributed by atoms with E-state index in [0.717, 1.165) is 12.2 Å². The summed E-state index contributed by atoms with van der Waals surface area (Å²) < 4.78 is 0. The third kappa shape index (κ3) is 6.63. The Kier molecular flexibility index (Phi) is 6.35. The molecule has 1 aromatic carbocycles. The summed E-state index contributed by atoms with van der Waals surface area (Å²) in [6, 6.07) is 7.62. The van der Waals surface area contributed by atoms with Gasteiger partial charge < -0.3 is 5.32 Å². The van der Waals surface area contributed by atoms with Crippen LogP contribution in [0.3, 0.4) is 0 Å². The fraction of sp³-hybridized carbons (Fsp3) is 0.533. The lowest BCUT2D eigenvalue weighted by Gasteiger charge is -2.18. The third-order valence-corrected chi connectivity index (χ3v) is 2.43. The Morgan fingerprint density at radius 2 is 1.76 bits per heavy atom. The predicted molar refractivity (Wildman–Crippen MR) is 76.6 cm³/mol. The number of benzene rings is 1. The van der Waals surface area contributed by atoms with Gasteiger partial charge in [-0.2, -0.15) is 0 Å². The molecule has 1 rings (SSSR count). The zero-order valence-corrected chi connectivity index (χ0v) is 10.4. The van der Waals surface area contributed by atoms with Crippen molar-refractivity contribution >= 4 is 11.4 Å². The lowest BCUT2D eigenvalue weighted by molar-refractivity contribution is 0.370. The Morgan fingerprint density at radius 3 is 2.24 bits per heavy atom. The van der Waals surface area contributed by atoms with Gasteiger partial charge in [-0.1, -0.05) is 40.3 Å². The molecule has 94 valence electrons. The molecule has 0 unspecified atom stereocenters. The molecule has 0 spiro atoms. The molecule has 2 heteroatoms. The van der Waals surface area contributed by atoms with Gasteiger partial charge in [-0.25, -0.2) is 4.85 Å². The summed E-state index contributed by atoms with van der Waals surface area (Å²) in [5.41, 5.74) is 2.21. The van der Waals surface area contributed by atoms with Crippen molar-refractivity contribution in [2.75, 3.05) is 11.9 Å². The van der Waals surface area contributed by atoms with E-state index in [9.17, 15) is 0 Å². The maximum Gasteiger partial charge on any atom is 0.187 e. The number of nitrogens with zero attached hydrogens (tertiary/aromatic N) is 1. The van der Waals surface area contributed by atoms with Crippen LogP contribution in [0.15, 0.2) is 24.3 Å². The molecule has 1 N–H and O–H groups in total. The first-order valence-electron chi connectivity index (χ1n) is 5.73. The number of hydrogen-bond donors (Lipinski definition) is 1. The summed E-state index contributed by atoms with van der Waals surface area (Å²) in [7, 11) is 0. The van der Waals surface area contributed by atoms with Crippen molar-refractivity contribution in [3.63, 3.8) is 0 Å². The van der Waals surface area contributed by atoms with E-state index in [1.807, 2.05) is 24.3 Å². The second kappa shape index (κ2) is 6.96. The topological polar surface area (TPSA) is 16.4 Å². The lowest BCUT2D eigenvalue weighted by atomic mass is 9.91. The number of nitrogens with one attached hydrogen (secondary N) is 1. The molecule has 0 saturated carbocycles. The highest BCUT2D eigenvalue weighted by Crippen LogP contribution is 2.21. The molecule has 0 heterocycles. The van der Waals surface area contributed by atoms with Crippen molar-refractivity contribution in [3.05, 3.63) is 35.7 Å². The zero-order valence-electron chi connectivity index (χ0n) is 10.4. The van der Waals surface area contributed by atoms with Crippen LogP contribution in [-0.4, -0.2) is 6.54 Å². The van der Waals surface area contributed by atoms with E-state index in [0.29, 0.717) is 11.1 Å². The van der Waals surface area contributed by atoms with Crippen LogP contribution in [-0.2, 0) is 0 Å². The van der Waals surface area contributed by atoms with Crippen molar-refractivity contribution in [3.8, 4) is 0 Å². The Morgan fingerprint density at radius 1 is 1.18 bits per heavy atom. The second-order valence-electron chi connectivity index (χ2n) is 5.25. The normalized spacial score (nSPS) is 10.2. The average Bonchev–Trinajstić information content (AvgIpc) is 2.24. The zero-order chi connectivity index (χ0) is 12.0. The Labute approximate surface area is 106 Å². The molecule has 0 amide bonds. The minimum absolute atomic E-state index is 0. The molecule has 17 heavy (non-hydrogen) atoms. The lowest BCUT2D eigenvalue weighted by Crippen LogP contribution is -2.09. The number of rotatable bonds is 4. The molecule has 0 aliphatic rings. The van der Waals surface area contributed by atoms with Crippen molar-refractivity contribution in [2.24, 2.45) is 5.41 Å².